The molecule has 3 heteroatoms. The largest absolute Gasteiger partial charge is 0.497 e. The minimum atomic E-state index is 0.790. The Kier molecular flexibility index (Phi) is 4.54. The first-order chi connectivity index (χ1) is 7.31. The lowest BCUT2D eigenvalue weighted by atomic mass is 10.2. The topological polar surface area (TPSA) is 30.5 Å². The van der Waals surface area contributed by atoms with Crippen LogP contribution in [-0.4, -0.2) is 20.8 Å². The van der Waals surface area contributed by atoms with Gasteiger partial charge < -0.3 is 14.8 Å². The summed E-state index contributed by atoms with van der Waals surface area (Å²) in [6.07, 6.45) is 2.80. The first-order valence-electron chi connectivity index (χ1n) is 4.88. The molecule has 1 aromatic rings. The van der Waals surface area contributed by atoms with Crippen LogP contribution in [0.5, 0.6) is 11.5 Å². The highest BCUT2D eigenvalue weighted by atomic mass is 16.5. The highest BCUT2D eigenvalue weighted by molar-refractivity contribution is 5.59. The molecule has 0 radical (unpaired) electrons. The molecule has 0 saturated heterocycles. The summed E-state index contributed by atoms with van der Waals surface area (Å²) in [5.41, 5.74) is 0.972. The lowest BCUT2D eigenvalue weighted by Crippen LogP contribution is -2.02. The van der Waals surface area contributed by atoms with Gasteiger partial charge in [0, 0.05) is 12.6 Å². The van der Waals surface area contributed by atoms with E-state index in [0.29, 0.717) is 0 Å². The number of nitrogens with one attached hydrogen (secondary N) is 1. The summed E-state index contributed by atoms with van der Waals surface area (Å²) >= 11 is 0. The predicted octanol–water partition coefficient (Wildman–Crippen LogP) is 2.69. The van der Waals surface area contributed by atoms with Crippen LogP contribution in [0, 0.1) is 0 Å². The van der Waals surface area contributed by atoms with Crippen LogP contribution >= 0.6 is 0 Å². The average molecular weight is 207 g/mol. The van der Waals surface area contributed by atoms with Gasteiger partial charge in [-0.3, -0.25) is 0 Å². The van der Waals surface area contributed by atoms with Crippen LogP contribution in [0.3, 0.4) is 0 Å². The van der Waals surface area contributed by atoms with Gasteiger partial charge in [-0.25, -0.2) is 0 Å². The molecule has 15 heavy (non-hydrogen) atoms. The molecule has 0 bridgehead atoms. The number of hydrogen-bond donors (Lipinski definition) is 1. The van der Waals surface area contributed by atoms with E-state index in [-0.39, 0.29) is 0 Å². The van der Waals surface area contributed by atoms with Crippen molar-refractivity contribution in [3.63, 3.8) is 0 Å². The van der Waals surface area contributed by atoms with Gasteiger partial charge in [0.05, 0.1) is 19.9 Å². The Balaban J connectivity index is 2.73. The molecule has 1 N–H and O–H groups in total. The van der Waals surface area contributed by atoms with Crippen LogP contribution in [0.1, 0.15) is 6.42 Å². The Morgan fingerprint density at radius 1 is 1.33 bits per heavy atom. The number of anilines is 1. The predicted molar refractivity (Wildman–Crippen MR) is 62.8 cm³/mol. The van der Waals surface area contributed by atoms with Gasteiger partial charge in [0.2, 0.25) is 0 Å². The summed E-state index contributed by atoms with van der Waals surface area (Å²) in [6.45, 7) is 4.52. The number of methoxy groups -OCH3 is 2. The summed E-state index contributed by atoms with van der Waals surface area (Å²) < 4.78 is 10.4. The van der Waals surface area contributed by atoms with Crippen molar-refractivity contribution < 1.29 is 9.47 Å². The van der Waals surface area contributed by atoms with Crippen LogP contribution in [0.15, 0.2) is 30.9 Å². The summed E-state index contributed by atoms with van der Waals surface area (Å²) in [6, 6.07) is 5.70. The van der Waals surface area contributed by atoms with E-state index in [0.717, 1.165) is 30.2 Å². The minimum absolute atomic E-state index is 0.790. The summed E-state index contributed by atoms with van der Waals surface area (Å²) in [7, 11) is 3.28. The molecular weight excluding hydrogens is 190 g/mol. The fraction of sp³-hybridized carbons (Fsp3) is 0.333. The molecule has 3 nitrogen and oxygen atoms in total. The fourth-order valence-corrected chi connectivity index (χ4v) is 1.25. The molecule has 0 atom stereocenters. The van der Waals surface area contributed by atoms with Crippen LogP contribution in [0.4, 0.5) is 5.69 Å². The molecule has 82 valence electrons. The van der Waals surface area contributed by atoms with E-state index in [4.69, 9.17) is 9.47 Å². The first kappa shape index (κ1) is 11.4. The van der Waals surface area contributed by atoms with Gasteiger partial charge in [-0.2, -0.15) is 0 Å². The van der Waals surface area contributed by atoms with E-state index in [1.807, 2.05) is 24.3 Å². The van der Waals surface area contributed by atoms with Gasteiger partial charge in [0.15, 0.2) is 0 Å². The van der Waals surface area contributed by atoms with Crippen molar-refractivity contribution in [3.05, 3.63) is 30.9 Å². The van der Waals surface area contributed by atoms with Crippen molar-refractivity contribution in [1.82, 2.24) is 0 Å². The van der Waals surface area contributed by atoms with Gasteiger partial charge in [-0.05, 0) is 18.6 Å². The highest BCUT2D eigenvalue weighted by Gasteiger charge is 2.03. The zero-order valence-corrected chi connectivity index (χ0v) is 9.25. The quantitative estimate of drug-likeness (QED) is 0.574. The van der Waals surface area contributed by atoms with Crippen molar-refractivity contribution in [2.24, 2.45) is 0 Å². The zero-order valence-electron chi connectivity index (χ0n) is 9.25. The SMILES string of the molecule is C=CCCNc1ccc(OC)cc1OC. The van der Waals surface area contributed by atoms with Crippen LogP contribution in [0.25, 0.3) is 0 Å². The van der Waals surface area contributed by atoms with E-state index in [2.05, 4.69) is 11.9 Å². The minimum Gasteiger partial charge on any atom is -0.497 e. The molecular formula is C12H17NO2. The van der Waals surface area contributed by atoms with Crippen molar-refractivity contribution in [3.8, 4) is 11.5 Å². The lowest BCUT2D eigenvalue weighted by Gasteiger charge is -2.11. The van der Waals surface area contributed by atoms with Crippen molar-refractivity contribution in [2.45, 2.75) is 6.42 Å². The molecule has 1 rings (SSSR count). The smallest absolute Gasteiger partial charge is 0.145 e. The standard InChI is InChI=1S/C12H17NO2/c1-4-5-8-13-11-7-6-10(14-2)9-12(11)15-3/h4,6-7,9,13H,1,5,8H2,2-3H3. The zero-order chi connectivity index (χ0) is 11.1. The Morgan fingerprint density at radius 2 is 2.13 bits per heavy atom. The Labute approximate surface area is 90.7 Å². The maximum Gasteiger partial charge on any atom is 0.145 e. The van der Waals surface area contributed by atoms with E-state index in [9.17, 15) is 0 Å². The van der Waals surface area contributed by atoms with Crippen LogP contribution in [-0.2, 0) is 0 Å². The number of rotatable bonds is 6. The summed E-state index contributed by atoms with van der Waals surface area (Å²) in [4.78, 5) is 0. The van der Waals surface area contributed by atoms with E-state index in [1.165, 1.54) is 0 Å². The van der Waals surface area contributed by atoms with E-state index < -0.39 is 0 Å². The molecule has 1 aromatic carbocycles. The fourth-order valence-electron chi connectivity index (χ4n) is 1.25. The number of benzene rings is 1. The maximum absolute atomic E-state index is 5.25. The second kappa shape index (κ2) is 5.96. The van der Waals surface area contributed by atoms with Gasteiger partial charge >= 0.3 is 0 Å². The van der Waals surface area contributed by atoms with Crippen LogP contribution < -0.4 is 14.8 Å². The molecule has 0 saturated carbocycles. The molecule has 0 aliphatic carbocycles. The molecule has 0 aromatic heterocycles. The second-order valence-electron chi connectivity index (χ2n) is 3.07. The van der Waals surface area contributed by atoms with Gasteiger partial charge in [-0.15, -0.1) is 6.58 Å². The van der Waals surface area contributed by atoms with E-state index in [1.54, 1.807) is 14.2 Å². The molecule has 0 aliphatic heterocycles. The van der Waals surface area contributed by atoms with Crippen molar-refractivity contribution in [2.75, 3.05) is 26.1 Å². The number of hydrogen-bond acceptors (Lipinski definition) is 3. The van der Waals surface area contributed by atoms with Gasteiger partial charge in [0.1, 0.15) is 11.5 Å². The van der Waals surface area contributed by atoms with Gasteiger partial charge in [-0.1, -0.05) is 6.08 Å². The summed E-state index contributed by atoms with van der Waals surface area (Å²) in [5.74, 6) is 1.58. The molecule has 0 spiro atoms. The molecule has 0 unspecified atom stereocenters. The molecule has 0 aliphatic rings. The summed E-state index contributed by atoms with van der Waals surface area (Å²) in [5, 5.41) is 3.26. The van der Waals surface area contributed by atoms with E-state index >= 15 is 0 Å². The number of ether oxygens (including phenoxy) is 2. The first-order valence-corrected chi connectivity index (χ1v) is 4.88. The lowest BCUT2D eigenvalue weighted by molar-refractivity contribution is 0.395. The third-order valence-corrected chi connectivity index (χ3v) is 2.07. The Morgan fingerprint density at radius 3 is 2.73 bits per heavy atom. The second-order valence-corrected chi connectivity index (χ2v) is 3.07. The normalized spacial score (nSPS) is 9.47. The maximum atomic E-state index is 5.25. The molecule has 0 fully saturated rings. The Hall–Kier alpha value is -1.64. The molecule has 0 amide bonds. The third kappa shape index (κ3) is 3.20. The monoisotopic (exact) mass is 207 g/mol. The van der Waals surface area contributed by atoms with Crippen molar-refractivity contribution in [1.29, 1.82) is 0 Å². The van der Waals surface area contributed by atoms with Crippen LogP contribution in [0.2, 0.25) is 0 Å². The molecule has 0 heterocycles. The average Bonchev–Trinajstić information content (AvgIpc) is 2.29. The van der Waals surface area contributed by atoms with Crippen molar-refractivity contribution >= 4 is 5.69 Å². The van der Waals surface area contributed by atoms with Gasteiger partial charge in [0.25, 0.3) is 0 Å². The highest BCUT2D eigenvalue weighted by Crippen LogP contribution is 2.28. The Bertz CT molecular complexity index is 323. The third-order valence-electron chi connectivity index (χ3n) is 2.07.